The maximum atomic E-state index is 3.53. The summed E-state index contributed by atoms with van der Waals surface area (Å²) >= 11 is 0. The van der Waals surface area contributed by atoms with Crippen molar-refractivity contribution in [3.8, 4) is 0 Å². The second kappa shape index (κ2) is 9.47. The zero-order valence-corrected chi connectivity index (χ0v) is 10.4. The first-order valence-corrected chi connectivity index (χ1v) is 6.13. The summed E-state index contributed by atoms with van der Waals surface area (Å²) in [5, 5.41) is 6.94. The van der Waals surface area contributed by atoms with Gasteiger partial charge in [-0.3, -0.25) is 0 Å². The lowest BCUT2D eigenvalue weighted by molar-refractivity contribution is 0.470. The lowest BCUT2D eigenvalue weighted by Gasteiger charge is -2.14. The molecule has 0 spiro atoms. The molecule has 0 aromatic rings. The smallest absolute Gasteiger partial charge is 0.00793 e. The Bertz CT molecular complexity index is 113. The van der Waals surface area contributed by atoms with Crippen LogP contribution in [0.4, 0.5) is 0 Å². The van der Waals surface area contributed by atoms with Crippen molar-refractivity contribution < 1.29 is 0 Å². The molecule has 14 heavy (non-hydrogen) atoms. The molecule has 1 atom stereocenters. The van der Waals surface area contributed by atoms with Crippen LogP contribution in [-0.2, 0) is 0 Å². The van der Waals surface area contributed by atoms with Crippen molar-refractivity contribution in [2.75, 3.05) is 13.1 Å². The minimum Gasteiger partial charge on any atom is -0.313 e. The van der Waals surface area contributed by atoms with Crippen LogP contribution in [0.5, 0.6) is 0 Å². The van der Waals surface area contributed by atoms with Crippen LogP contribution in [0.1, 0.15) is 53.4 Å². The third kappa shape index (κ3) is 10.0. The van der Waals surface area contributed by atoms with Gasteiger partial charge in [0, 0.05) is 25.2 Å². The minimum atomic E-state index is 0.604. The lowest BCUT2D eigenvalue weighted by atomic mass is 10.1. The summed E-state index contributed by atoms with van der Waals surface area (Å²) in [4.78, 5) is 0. The number of nitrogens with one attached hydrogen (secondary N) is 2. The average Bonchev–Trinajstić information content (AvgIpc) is 2.13. The van der Waals surface area contributed by atoms with E-state index in [1.54, 1.807) is 0 Å². The van der Waals surface area contributed by atoms with Crippen molar-refractivity contribution in [3.63, 3.8) is 0 Å². The first-order valence-electron chi connectivity index (χ1n) is 6.13. The van der Waals surface area contributed by atoms with E-state index in [0.717, 1.165) is 13.1 Å². The lowest BCUT2D eigenvalue weighted by Crippen LogP contribution is -2.35. The minimum absolute atomic E-state index is 0.604. The molecule has 0 rings (SSSR count). The van der Waals surface area contributed by atoms with Crippen LogP contribution in [0, 0.1) is 0 Å². The molecule has 0 aliphatic heterocycles. The molecule has 1 unspecified atom stereocenters. The van der Waals surface area contributed by atoms with Gasteiger partial charge < -0.3 is 10.6 Å². The van der Waals surface area contributed by atoms with Crippen LogP contribution in [0.2, 0.25) is 0 Å². The first-order chi connectivity index (χ1) is 6.66. The third-order valence-corrected chi connectivity index (χ3v) is 2.41. The molecule has 2 heteroatoms. The average molecular weight is 200 g/mol. The van der Waals surface area contributed by atoms with Crippen LogP contribution in [-0.4, -0.2) is 25.2 Å². The fourth-order valence-corrected chi connectivity index (χ4v) is 1.48. The van der Waals surface area contributed by atoms with Crippen LogP contribution >= 0.6 is 0 Å². The van der Waals surface area contributed by atoms with E-state index >= 15 is 0 Å². The van der Waals surface area contributed by atoms with Gasteiger partial charge >= 0.3 is 0 Å². The molecular weight excluding hydrogens is 172 g/mol. The quantitative estimate of drug-likeness (QED) is 0.559. The summed E-state index contributed by atoms with van der Waals surface area (Å²) < 4.78 is 0. The highest BCUT2D eigenvalue weighted by Gasteiger charge is 1.99. The molecule has 0 fully saturated rings. The number of hydrogen-bond donors (Lipinski definition) is 2. The van der Waals surface area contributed by atoms with Gasteiger partial charge in [-0.05, 0) is 13.3 Å². The monoisotopic (exact) mass is 200 g/mol. The third-order valence-electron chi connectivity index (χ3n) is 2.41. The van der Waals surface area contributed by atoms with Gasteiger partial charge in [0.05, 0.1) is 0 Å². The van der Waals surface area contributed by atoms with Gasteiger partial charge in [-0.15, -0.1) is 0 Å². The van der Waals surface area contributed by atoms with Crippen LogP contribution in [0.15, 0.2) is 0 Å². The number of rotatable bonds is 9. The predicted octanol–water partition coefficient (Wildman–Crippen LogP) is 2.54. The second-order valence-corrected chi connectivity index (χ2v) is 4.46. The van der Waals surface area contributed by atoms with Gasteiger partial charge in [-0.25, -0.2) is 0 Å². The largest absolute Gasteiger partial charge is 0.313 e. The Hall–Kier alpha value is -0.0800. The van der Waals surface area contributed by atoms with Crippen molar-refractivity contribution >= 4 is 0 Å². The van der Waals surface area contributed by atoms with Gasteiger partial charge in [-0.2, -0.15) is 0 Å². The summed E-state index contributed by atoms with van der Waals surface area (Å²) in [6.45, 7) is 11.1. The molecule has 0 saturated heterocycles. The zero-order chi connectivity index (χ0) is 10.8. The van der Waals surface area contributed by atoms with Crippen LogP contribution in [0.25, 0.3) is 0 Å². The molecule has 0 aromatic heterocycles. The molecule has 0 aromatic carbocycles. The van der Waals surface area contributed by atoms with E-state index in [1.807, 2.05) is 0 Å². The topological polar surface area (TPSA) is 24.1 Å². The van der Waals surface area contributed by atoms with Crippen molar-refractivity contribution in [1.29, 1.82) is 0 Å². The normalized spacial score (nSPS) is 13.5. The van der Waals surface area contributed by atoms with Gasteiger partial charge in [0.1, 0.15) is 0 Å². The summed E-state index contributed by atoms with van der Waals surface area (Å²) in [5.74, 6) is 0. The zero-order valence-electron chi connectivity index (χ0n) is 10.4. The molecule has 0 radical (unpaired) electrons. The molecule has 0 heterocycles. The van der Waals surface area contributed by atoms with Crippen molar-refractivity contribution in [3.05, 3.63) is 0 Å². The molecule has 0 aliphatic carbocycles. The fraction of sp³-hybridized carbons (Fsp3) is 1.00. The van der Waals surface area contributed by atoms with Crippen molar-refractivity contribution in [2.24, 2.45) is 0 Å². The molecule has 0 saturated carbocycles. The SMILES string of the molecule is CCCCCC(C)NCCNC(C)C. The van der Waals surface area contributed by atoms with Crippen LogP contribution < -0.4 is 10.6 Å². The van der Waals surface area contributed by atoms with E-state index in [4.69, 9.17) is 0 Å². The highest BCUT2D eigenvalue weighted by molar-refractivity contribution is 4.62. The molecule has 0 bridgehead atoms. The predicted molar refractivity (Wildman–Crippen MR) is 64.7 cm³/mol. The number of hydrogen-bond acceptors (Lipinski definition) is 2. The molecular formula is C12H28N2. The van der Waals surface area contributed by atoms with E-state index in [9.17, 15) is 0 Å². The Labute approximate surface area is 89.9 Å². The second-order valence-electron chi connectivity index (χ2n) is 4.46. The Morgan fingerprint density at radius 2 is 1.57 bits per heavy atom. The Kier molecular flexibility index (Phi) is 9.42. The number of unbranched alkanes of at least 4 members (excludes halogenated alkanes) is 2. The Morgan fingerprint density at radius 3 is 2.14 bits per heavy atom. The van der Waals surface area contributed by atoms with Gasteiger partial charge in [0.25, 0.3) is 0 Å². The van der Waals surface area contributed by atoms with E-state index in [2.05, 4.69) is 38.3 Å². The highest BCUT2D eigenvalue weighted by atomic mass is 15.0. The Balaban J connectivity index is 3.14. The van der Waals surface area contributed by atoms with Gasteiger partial charge in [-0.1, -0.05) is 40.0 Å². The standard InChI is InChI=1S/C12H28N2/c1-5-6-7-8-12(4)14-10-9-13-11(2)3/h11-14H,5-10H2,1-4H3. The van der Waals surface area contributed by atoms with Gasteiger partial charge in [0.2, 0.25) is 0 Å². The van der Waals surface area contributed by atoms with E-state index < -0.39 is 0 Å². The van der Waals surface area contributed by atoms with E-state index in [1.165, 1.54) is 25.7 Å². The van der Waals surface area contributed by atoms with Crippen LogP contribution in [0.3, 0.4) is 0 Å². The van der Waals surface area contributed by atoms with Crippen molar-refractivity contribution in [1.82, 2.24) is 10.6 Å². The summed E-state index contributed by atoms with van der Waals surface area (Å²) in [6, 6.07) is 1.28. The molecule has 2 nitrogen and oxygen atoms in total. The molecule has 0 aliphatic rings. The fourth-order valence-electron chi connectivity index (χ4n) is 1.48. The Morgan fingerprint density at radius 1 is 0.929 bits per heavy atom. The maximum Gasteiger partial charge on any atom is 0.00793 e. The van der Waals surface area contributed by atoms with Gasteiger partial charge in [0.15, 0.2) is 0 Å². The van der Waals surface area contributed by atoms with E-state index in [-0.39, 0.29) is 0 Å². The first kappa shape index (κ1) is 13.9. The van der Waals surface area contributed by atoms with Crippen molar-refractivity contribution in [2.45, 2.75) is 65.5 Å². The molecule has 86 valence electrons. The summed E-state index contributed by atoms with van der Waals surface area (Å²) in [7, 11) is 0. The molecule has 0 amide bonds. The summed E-state index contributed by atoms with van der Waals surface area (Å²) in [5.41, 5.74) is 0. The molecule has 2 N–H and O–H groups in total. The highest BCUT2D eigenvalue weighted by Crippen LogP contribution is 2.02. The van der Waals surface area contributed by atoms with E-state index in [0.29, 0.717) is 12.1 Å². The summed E-state index contributed by atoms with van der Waals surface area (Å²) in [6.07, 6.45) is 5.37. The maximum absolute atomic E-state index is 3.53.